The summed E-state index contributed by atoms with van der Waals surface area (Å²) in [6, 6.07) is 0. The highest BCUT2D eigenvalue weighted by Gasteiger charge is 2.16. The van der Waals surface area contributed by atoms with Crippen LogP contribution < -0.4 is 5.32 Å². The Morgan fingerprint density at radius 3 is 2.53 bits per heavy atom. The van der Waals surface area contributed by atoms with Crippen molar-refractivity contribution >= 4 is 11.3 Å². The standard InChI is InChI=1S/C13H24N2OS/c1-7-10-11(8-14-13(3,4)5)17-12(15-10)9(2)16-6/h9,14H,7-8H2,1-6H3. The molecule has 0 amide bonds. The van der Waals surface area contributed by atoms with Crippen LogP contribution in [0.5, 0.6) is 0 Å². The summed E-state index contributed by atoms with van der Waals surface area (Å²) >= 11 is 1.76. The molecule has 0 radical (unpaired) electrons. The van der Waals surface area contributed by atoms with Gasteiger partial charge in [0.25, 0.3) is 0 Å². The van der Waals surface area contributed by atoms with Crippen molar-refractivity contribution < 1.29 is 4.74 Å². The molecule has 0 aliphatic heterocycles. The average molecular weight is 256 g/mol. The summed E-state index contributed by atoms with van der Waals surface area (Å²) < 4.78 is 5.32. The van der Waals surface area contributed by atoms with Crippen LogP contribution in [0.4, 0.5) is 0 Å². The number of nitrogens with zero attached hydrogens (tertiary/aromatic N) is 1. The Kier molecular flexibility index (Phi) is 5.10. The number of nitrogens with one attached hydrogen (secondary N) is 1. The lowest BCUT2D eigenvalue weighted by atomic mass is 10.1. The Labute approximate surface area is 109 Å². The van der Waals surface area contributed by atoms with Crippen LogP contribution in [0.15, 0.2) is 0 Å². The van der Waals surface area contributed by atoms with Crippen molar-refractivity contribution in [2.45, 2.75) is 59.2 Å². The fraction of sp³-hybridized carbons (Fsp3) is 0.769. The number of hydrogen-bond acceptors (Lipinski definition) is 4. The van der Waals surface area contributed by atoms with Crippen LogP contribution in [0.1, 0.15) is 56.3 Å². The molecule has 0 aliphatic rings. The summed E-state index contributed by atoms with van der Waals surface area (Å²) in [5.41, 5.74) is 1.34. The van der Waals surface area contributed by atoms with Gasteiger partial charge in [0, 0.05) is 24.1 Å². The Hall–Kier alpha value is -0.450. The van der Waals surface area contributed by atoms with Gasteiger partial charge in [-0.25, -0.2) is 4.98 Å². The SMILES string of the molecule is CCc1nc(C(C)OC)sc1CNC(C)(C)C. The minimum atomic E-state index is 0.0914. The second kappa shape index (κ2) is 5.94. The Bertz CT molecular complexity index is 355. The van der Waals surface area contributed by atoms with Gasteiger partial charge in [-0.15, -0.1) is 11.3 Å². The molecule has 0 saturated carbocycles. The lowest BCUT2D eigenvalue weighted by Crippen LogP contribution is -2.35. The molecule has 1 unspecified atom stereocenters. The van der Waals surface area contributed by atoms with Gasteiger partial charge in [0.05, 0.1) is 5.69 Å². The van der Waals surface area contributed by atoms with Crippen molar-refractivity contribution in [1.82, 2.24) is 10.3 Å². The zero-order valence-electron chi connectivity index (χ0n) is 11.8. The zero-order chi connectivity index (χ0) is 13.1. The van der Waals surface area contributed by atoms with Crippen molar-refractivity contribution in [3.8, 4) is 0 Å². The van der Waals surface area contributed by atoms with Gasteiger partial charge in [-0.05, 0) is 34.1 Å². The van der Waals surface area contributed by atoms with Crippen LogP contribution in [0, 0.1) is 0 Å². The maximum absolute atomic E-state index is 5.32. The molecule has 1 N–H and O–H groups in total. The van der Waals surface area contributed by atoms with E-state index in [9.17, 15) is 0 Å². The fourth-order valence-electron chi connectivity index (χ4n) is 1.44. The van der Waals surface area contributed by atoms with E-state index in [0.29, 0.717) is 0 Å². The maximum atomic E-state index is 5.32. The molecule has 0 aromatic carbocycles. The molecule has 1 aromatic heterocycles. The van der Waals surface area contributed by atoms with E-state index < -0.39 is 0 Å². The van der Waals surface area contributed by atoms with Gasteiger partial charge < -0.3 is 10.1 Å². The van der Waals surface area contributed by atoms with E-state index in [1.807, 2.05) is 6.92 Å². The molecule has 98 valence electrons. The minimum Gasteiger partial charge on any atom is -0.375 e. The van der Waals surface area contributed by atoms with Gasteiger partial charge in [-0.3, -0.25) is 0 Å². The third-order valence-electron chi connectivity index (χ3n) is 2.61. The number of methoxy groups -OCH3 is 1. The van der Waals surface area contributed by atoms with Crippen molar-refractivity contribution in [1.29, 1.82) is 0 Å². The summed E-state index contributed by atoms with van der Waals surface area (Å²) in [4.78, 5) is 5.99. The molecular formula is C13H24N2OS. The van der Waals surface area contributed by atoms with Gasteiger partial charge in [-0.1, -0.05) is 6.92 Å². The van der Waals surface area contributed by atoms with E-state index in [0.717, 1.165) is 18.0 Å². The summed E-state index contributed by atoms with van der Waals surface area (Å²) in [5.74, 6) is 0. The first-order valence-electron chi connectivity index (χ1n) is 6.13. The molecule has 1 rings (SSSR count). The number of thiazole rings is 1. The molecule has 3 nitrogen and oxygen atoms in total. The Morgan fingerprint density at radius 1 is 1.41 bits per heavy atom. The van der Waals surface area contributed by atoms with Gasteiger partial charge in [0.1, 0.15) is 11.1 Å². The van der Waals surface area contributed by atoms with E-state index in [1.54, 1.807) is 18.4 Å². The van der Waals surface area contributed by atoms with Crippen molar-refractivity contribution in [3.63, 3.8) is 0 Å². The lowest BCUT2D eigenvalue weighted by Gasteiger charge is -2.20. The van der Waals surface area contributed by atoms with Gasteiger partial charge in [-0.2, -0.15) is 0 Å². The van der Waals surface area contributed by atoms with Crippen LogP contribution in [-0.4, -0.2) is 17.6 Å². The van der Waals surface area contributed by atoms with E-state index in [-0.39, 0.29) is 11.6 Å². The number of hydrogen-bond donors (Lipinski definition) is 1. The topological polar surface area (TPSA) is 34.1 Å². The normalized spacial score (nSPS) is 14.0. The van der Waals surface area contributed by atoms with Gasteiger partial charge in [0.15, 0.2) is 0 Å². The van der Waals surface area contributed by atoms with Crippen LogP contribution in [0.2, 0.25) is 0 Å². The molecule has 0 fully saturated rings. The molecule has 4 heteroatoms. The Morgan fingerprint density at radius 2 is 2.06 bits per heavy atom. The first-order valence-corrected chi connectivity index (χ1v) is 6.95. The quantitative estimate of drug-likeness (QED) is 0.877. The van der Waals surface area contributed by atoms with Crippen LogP contribution >= 0.6 is 11.3 Å². The van der Waals surface area contributed by atoms with E-state index >= 15 is 0 Å². The van der Waals surface area contributed by atoms with Gasteiger partial charge in [0.2, 0.25) is 0 Å². The molecule has 0 aliphatic carbocycles. The predicted molar refractivity (Wildman–Crippen MR) is 73.5 cm³/mol. The number of rotatable bonds is 5. The lowest BCUT2D eigenvalue weighted by molar-refractivity contribution is 0.119. The zero-order valence-corrected chi connectivity index (χ0v) is 12.6. The van der Waals surface area contributed by atoms with E-state index in [1.165, 1.54) is 10.6 Å². The smallest absolute Gasteiger partial charge is 0.122 e. The molecule has 17 heavy (non-hydrogen) atoms. The minimum absolute atomic E-state index is 0.0914. The Balaban J connectivity index is 2.80. The van der Waals surface area contributed by atoms with E-state index in [2.05, 4.69) is 38.0 Å². The first kappa shape index (κ1) is 14.6. The average Bonchev–Trinajstić information content (AvgIpc) is 2.67. The highest BCUT2D eigenvalue weighted by Crippen LogP contribution is 2.26. The number of aryl methyl sites for hydroxylation is 1. The summed E-state index contributed by atoms with van der Waals surface area (Å²) in [6.07, 6.45) is 1.07. The molecule has 0 saturated heterocycles. The highest BCUT2D eigenvalue weighted by atomic mass is 32.1. The predicted octanol–water partition coefficient (Wildman–Crippen LogP) is 3.30. The second-order valence-corrected chi connectivity index (χ2v) is 6.37. The summed E-state index contributed by atoms with van der Waals surface area (Å²) in [7, 11) is 1.73. The second-order valence-electron chi connectivity index (χ2n) is 5.26. The van der Waals surface area contributed by atoms with Crippen LogP contribution in [0.3, 0.4) is 0 Å². The third kappa shape index (κ3) is 4.37. The molecule has 1 atom stereocenters. The molecule has 1 aromatic rings. The first-order chi connectivity index (χ1) is 7.87. The number of aromatic nitrogens is 1. The molecular weight excluding hydrogens is 232 g/mol. The van der Waals surface area contributed by atoms with Gasteiger partial charge >= 0.3 is 0 Å². The molecule has 0 bridgehead atoms. The monoisotopic (exact) mass is 256 g/mol. The highest BCUT2D eigenvalue weighted by molar-refractivity contribution is 7.11. The summed E-state index contributed by atoms with van der Waals surface area (Å²) in [5, 5.41) is 4.59. The van der Waals surface area contributed by atoms with Crippen LogP contribution in [-0.2, 0) is 17.7 Å². The van der Waals surface area contributed by atoms with Crippen molar-refractivity contribution in [2.75, 3.05) is 7.11 Å². The van der Waals surface area contributed by atoms with Crippen molar-refractivity contribution in [3.05, 3.63) is 15.6 Å². The fourth-order valence-corrected chi connectivity index (χ4v) is 2.56. The van der Waals surface area contributed by atoms with Crippen LogP contribution in [0.25, 0.3) is 0 Å². The maximum Gasteiger partial charge on any atom is 0.122 e. The third-order valence-corrected chi connectivity index (χ3v) is 3.87. The largest absolute Gasteiger partial charge is 0.375 e. The van der Waals surface area contributed by atoms with Crippen molar-refractivity contribution in [2.24, 2.45) is 0 Å². The van der Waals surface area contributed by atoms with E-state index in [4.69, 9.17) is 4.74 Å². The molecule has 1 heterocycles. The summed E-state index contributed by atoms with van der Waals surface area (Å²) in [6.45, 7) is 11.6. The molecule has 0 spiro atoms. The number of ether oxygens (including phenoxy) is 1.